The van der Waals surface area contributed by atoms with Crippen molar-refractivity contribution in [3.63, 3.8) is 0 Å². The number of carbonyl (C=O) groups is 2. The molecule has 0 aliphatic carbocycles. The van der Waals surface area contributed by atoms with E-state index in [0.717, 1.165) is 24.3 Å². The molecule has 1 aromatic carbocycles. The van der Waals surface area contributed by atoms with Crippen molar-refractivity contribution < 1.29 is 14.7 Å². The highest BCUT2D eigenvalue weighted by atomic mass is 16.4. The lowest BCUT2D eigenvalue weighted by molar-refractivity contribution is -0.137. The minimum absolute atomic E-state index is 0.0308. The van der Waals surface area contributed by atoms with Crippen molar-refractivity contribution in [2.45, 2.75) is 32.4 Å². The molecule has 1 heterocycles. The molecule has 0 unspecified atom stereocenters. The number of benzene rings is 1. The van der Waals surface area contributed by atoms with Crippen LogP contribution in [0.3, 0.4) is 0 Å². The zero-order chi connectivity index (χ0) is 13.8. The van der Waals surface area contributed by atoms with Crippen LogP contribution in [-0.4, -0.2) is 28.9 Å². The standard InChI is InChI=1S/C14H18N2O3/c1-16-8-10-4-2-5-12(11(10)9-16)15-13(17)6-3-7-14(18)19/h2,4-5H,3,6-9H2,1H3,(H,15,17)(H,18,19). The predicted molar refractivity (Wildman–Crippen MR) is 71.7 cm³/mol. The van der Waals surface area contributed by atoms with Gasteiger partial charge in [-0.2, -0.15) is 0 Å². The molecule has 1 amide bonds. The third-order valence-corrected chi connectivity index (χ3v) is 3.21. The molecule has 0 bridgehead atoms. The number of hydrogen-bond acceptors (Lipinski definition) is 3. The molecule has 19 heavy (non-hydrogen) atoms. The largest absolute Gasteiger partial charge is 0.481 e. The number of amides is 1. The van der Waals surface area contributed by atoms with Gasteiger partial charge in [0.05, 0.1) is 0 Å². The van der Waals surface area contributed by atoms with Gasteiger partial charge < -0.3 is 10.4 Å². The molecule has 0 aromatic heterocycles. The molecule has 0 fully saturated rings. The summed E-state index contributed by atoms with van der Waals surface area (Å²) in [5.41, 5.74) is 3.25. The van der Waals surface area contributed by atoms with Gasteiger partial charge in [-0.1, -0.05) is 12.1 Å². The highest BCUT2D eigenvalue weighted by Gasteiger charge is 2.19. The van der Waals surface area contributed by atoms with Crippen LogP contribution in [0.2, 0.25) is 0 Å². The van der Waals surface area contributed by atoms with Crippen molar-refractivity contribution in [1.29, 1.82) is 0 Å². The average molecular weight is 262 g/mol. The van der Waals surface area contributed by atoms with E-state index in [1.807, 2.05) is 19.2 Å². The molecule has 0 saturated heterocycles. The molecule has 0 atom stereocenters. The number of rotatable bonds is 5. The first-order valence-corrected chi connectivity index (χ1v) is 6.37. The Balaban J connectivity index is 1.95. The summed E-state index contributed by atoms with van der Waals surface area (Å²) in [5.74, 6) is -0.987. The van der Waals surface area contributed by atoms with Crippen molar-refractivity contribution in [3.8, 4) is 0 Å². The fourth-order valence-corrected chi connectivity index (χ4v) is 2.32. The summed E-state index contributed by atoms with van der Waals surface area (Å²) in [6, 6.07) is 5.90. The van der Waals surface area contributed by atoms with Crippen molar-refractivity contribution in [3.05, 3.63) is 29.3 Å². The summed E-state index contributed by atoms with van der Waals surface area (Å²) in [6.07, 6.45) is 0.644. The van der Waals surface area contributed by atoms with E-state index in [1.54, 1.807) is 0 Å². The summed E-state index contributed by atoms with van der Waals surface area (Å²) < 4.78 is 0. The van der Waals surface area contributed by atoms with E-state index >= 15 is 0 Å². The zero-order valence-corrected chi connectivity index (χ0v) is 11.0. The summed E-state index contributed by atoms with van der Waals surface area (Å²) in [7, 11) is 2.04. The normalized spacial score (nSPS) is 14.2. The zero-order valence-electron chi connectivity index (χ0n) is 11.0. The van der Waals surface area contributed by atoms with Crippen LogP contribution in [0.5, 0.6) is 0 Å². The number of nitrogens with zero attached hydrogens (tertiary/aromatic N) is 1. The molecule has 1 aliphatic heterocycles. The molecule has 0 radical (unpaired) electrons. The van der Waals surface area contributed by atoms with Crippen LogP contribution in [0.4, 0.5) is 5.69 Å². The number of aliphatic carboxylic acids is 1. The van der Waals surface area contributed by atoms with Gasteiger partial charge in [-0.25, -0.2) is 0 Å². The van der Waals surface area contributed by atoms with Crippen LogP contribution in [0.25, 0.3) is 0 Å². The first kappa shape index (κ1) is 13.5. The molecular weight excluding hydrogens is 244 g/mol. The van der Waals surface area contributed by atoms with Crippen molar-refractivity contribution in [2.75, 3.05) is 12.4 Å². The molecule has 0 spiro atoms. The van der Waals surface area contributed by atoms with E-state index < -0.39 is 5.97 Å². The van der Waals surface area contributed by atoms with Gasteiger partial charge in [-0.05, 0) is 30.7 Å². The van der Waals surface area contributed by atoms with Gasteiger partial charge in [0.15, 0.2) is 0 Å². The summed E-state index contributed by atoms with van der Waals surface area (Å²) in [5, 5.41) is 11.4. The third kappa shape index (κ3) is 3.54. The van der Waals surface area contributed by atoms with Gasteiger partial charge in [0.2, 0.25) is 5.91 Å². The van der Waals surface area contributed by atoms with Gasteiger partial charge >= 0.3 is 5.97 Å². The van der Waals surface area contributed by atoms with E-state index in [2.05, 4.69) is 16.3 Å². The first-order valence-electron chi connectivity index (χ1n) is 6.37. The molecule has 2 N–H and O–H groups in total. The molecule has 102 valence electrons. The average Bonchev–Trinajstić information content (AvgIpc) is 2.70. The molecule has 0 saturated carbocycles. The predicted octanol–water partition coefficient (Wildman–Crippen LogP) is 1.83. The second kappa shape index (κ2) is 5.84. The lowest BCUT2D eigenvalue weighted by Crippen LogP contribution is -2.14. The Kier molecular flexibility index (Phi) is 4.16. The summed E-state index contributed by atoms with van der Waals surface area (Å²) >= 11 is 0. The number of carboxylic acid groups (broad SMARTS) is 1. The van der Waals surface area contributed by atoms with Gasteiger partial charge in [0.1, 0.15) is 0 Å². The van der Waals surface area contributed by atoms with Crippen molar-refractivity contribution in [2.24, 2.45) is 0 Å². The Morgan fingerprint density at radius 3 is 2.84 bits per heavy atom. The van der Waals surface area contributed by atoms with Crippen molar-refractivity contribution in [1.82, 2.24) is 4.90 Å². The van der Waals surface area contributed by atoms with Crippen LogP contribution in [0.15, 0.2) is 18.2 Å². The van der Waals surface area contributed by atoms with E-state index in [0.29, 0.717) is 6.42 Å². The lowest BCUT2D eigenvalue weighted by Gasteiger charge is -2.10. The topological polar surface area (TPSA) is 69.6 Å². The second-order valence-electron chi connectivity index (χ2n) is 4.91. The SMILES string of the molecule is CN1Cc2cccc(NC(=O)CCCC(=O)O)c2C1. The van der Waals surface area contributed by atoms with Gasteiger partial charge in [-0.15, -0.1) is 0 Å². The van der Waals surface area contributed by atoms with E-state index in [1.165, 1.54) is 5.56 Å². The first-order chi connectivity index (χ1) is 9.06. The number of fused-ring (bicyclic) bond motifs is 1. The number of carbonyl (C=O) groups excluding carboxylic acids is 1. The summed E-state index contributed by atoms with van der Waals surface area (Å²) in [6.45, 7) is 1.74. The Bertz CT molecular complexity index is 499. The van der Waals surface area contributed by atoms with E-state index in [9.17, 15) is 9.59 Å². The lowest BCUT2D eigenvalue weighted by atomic mass is 10.1. The highest BCUT2D eigenvalue weighted by Crippen LogP contribution is 2.28. The highest BCUT2D eigenvalue weighted by molar-refractivity contribution is 5.92. The molecular formula is C14H18N2O3. The number of carboxylic acids is 1. The fourth-order valence-electron chi connectivity index (χ4n) is 2.32. The maximum Gasteiger partial charge on any atom is 0.303 e. The maximum atomic E-state index is 11.8. The van der Waals surface area contributed by atoms with Crippen LogP contribution < -0.4 is 5.32 Å². The van der Waals surface area contributed by atoms with Crippen LogP contribution in [-0.2, 0) is 22.7 Å². The number of anilines is 1. The Hall–Kier alpha value is -1.88. The smallest absolute Gasteiger partial charge is 0.303 e. The molecule has 1 aromatic rings. The van der Waals surface area contributed by atoms with Crippen LogP contribution in [0.1, 0.15) is 30.4 Å². The minimum Gasteiger partial charge on any atom is -0.481 e. The number of nitrogens with one attached hydrogen (secondary N) is 1. The van der Waals surface area contributed by atoms with E-state index in [4.69, 9.17) is 5.11 Å². The molecule has 2 rings (SSSR count). The van der Waals surface area contributed by atoms with E-state index in [-0.39, 0.29) is 18.7 Å². The quantitative estimate of drug-likeness (QED) is 0.849. The second-order valence-corrected chi connectivity index (χ2v) is 4.91. The van der Waals surface area contributed by atoms with Crippen molar-refractivity contribution >= 4 is 17.6 Å². The third-order valence-electron chi connectivity index (χ3n) is 3.21. The Labute approximate surface area is 112 Å². The van der Waals surface area contributed by atoms with Gasteiger partial charge in [-0.3, -0.25) is 14.5 Å². The van der Waals surface area contributed by atoms with Gasteiger partial charge in [0.25, 0.3) is 0 Å². The Morgan fingerprint density at radius 2 is 2.11 bits per heavy atom. The maximum absolute atomic E-state index is 11.8. The summed E-state index contributed by atoms with van der Waals surface area (Å²) in [4.78, 5) is 24.3. The number of hydrogen-bond donors (Lipinski definition) is 2. The molecule has 5 heteroatoms. The van der Waals surface area contributed by atoms with Crippen LogP contribution >= 0.6 is 0 Å². The molecule has 5 nitrogen and oxygen atoms in total. The Morgan fingerprint density at radius 1 is 1.32 bits per heavy atom. The van der Waals surface area contributed by atoms with Gasteiger partial charge in [0, 0.05) is 31.6 Å². The fraction of sp³-hybridized carbons (Fsp3) is 0.429. The monoisotopic (exact) mass is 262 g/mol. The minimum atomic E-state index is -0.866. The molecule has 1 aliphatic rings. The van der Waals surface area contributed by atoms with Crippen LogP contribution in [0, 0.1) is 0 Å².